The molecule has 0 unspecified atom stereocenters. The normalized spacial score (nSPS) is 13.2. The van der Waals surface area contributed by atoms with Crippen molar-refractivity contribution in [3.05, 3.63) is 59.2 Å². The van der Waals surface area contributed by atoms with Crippen molar-refractivity contribution >= 4 is 23.2 Å². The lowest BCUT2D eigenvalue weighted by atomic mass is 10.1. The number of aryl methyl sites for hydroxylation is 2. The average Bonchev–Trinajstić information content (AvgIpc) is 3.46. The molecule has 2 aromatic rings. The van der Waals surface area contributed by atoms with Gasteiger partial charge in [0.25, 0.3) is 0 Å². The molecule has 26 heavy (non-hydrogen) atoms. The van der Waals surface area contributed by atoms with Crippen LogP contribution in [0, 0.1) is 19.8 Å². The molecule has 5 heteroatoms. The molecular weight excluding hydrogens is 326 g/mol. The topological polar surface area (TPSA) is 70.2 Å². The van der Waals surface area contributed by atoms with Crippen LogP contribution in [-0.2, 0) is 16.1 Å². The smallest absolute Gasteiger partial charge is 0.239 e. The minimum atomic E-state index is -0.0710. The maximum Gasteiger partial charge on any atom is 0.239 e. The summed E-state index contributed by atoms with van der Waals surface area (Å²) in [6.07, 6.45) is 1.96. The van der Waals surface area contributed by atoms with Gasteiger partial charge in [0.2, 0.25) is 11.8 Å². The zero-order valence-corrected chi connectivity index (χ0v) is 15.3. The van der Waals surface area contributed by atoms with E-state index in [1.165, 1.54) is 0 Å². The monoisotopic (exact) mass is 351 g/mol. The molecule has 1 aliphatic carbocycles. The van der Waals surface area contributed by atoms with E-state index in [0.29, 0.717) is 6.54 Å². The van der Waals surface area contributed by atoms with Gasteiger partial charge in [0.05, 0.1) is 6.54 Å². The van der Waals surface area contributed by atoms with Gasteiger partial charge >= 0.3 is 0 Å². The number of anilines is 2. The number of carbonyl (C=O) groups is 2. The van der Waals surface area contributed by atoms with Crippen molar-refractivity contribution in [3.8, 4) is 0 Å². The lowest BCUT2D eigenvalue weighted by Crippen LogP contribution is -2.29. The molecule has 0 radical (unpaired) electrons. The van der Waals surface area contributed by atoms with Crippen LogP contribution < -0.4 is 16.0 Å². The van der Waals surface area contributed by atoms with E-state index in [4.69, 9.17) is 0 Å². The Bertz CT molecular complexity index is 813. The van der Waals surface area contributed by atoms with E-state index in [0.717, 1.165) is 40.9 Å². The molecule has 0 saturated heterocycles. The van der Waals surface area contributed by atoms with E-state index < -0.39 is 0 Å². The van der Waals surface area contributed by atoms with Crippen LogP contribution in [0.25, 0.3) is 0 Å². The lowest BCUT2D eigenvalue weighted by molar-refractivity contribution is -0.119. The van der Waals surface area contributed by atoms with Gasteiger partial charge < -0.3 is 16.0 Å². The second-order valence-electron chi connectivity index (χ2n) is 6.91. The number of hydrogen-bond donors (Lipinski definition) is 3. The molecule has 1 aliphatic rings. The van der Waals surface area contributed by atoms with Crippen molar-refractivity contribution in [3.63, 3.8) is 0 Å². The summed E-state index contributed by atoms with van der Waals surface area (Å²) in [6, 6.07) is 13.7. The van der Waals surface area contributed by atoms with Gasteiger partial charge in [0.1, 0.15) is 0 Å². The molecule has 0 atom stereocenters. The first-order chi connectivity index (χ1) is 12.5. The first-order valence-electron chi connectivity index (χ1n) is 8.99. The molecule has 2 aromatic carbocycles. The van der Waals surface area contributed by atoms with Crippen molar-refractivity contribution in [2.75, 3.05) is 17.2 Å². The Morgan fingerprint density at radius 2 is 1.88 bits per heavy atom. The molecule has 1 saturated carbocycles. The van der Waals surface area contributed by atoms with Gasteiger partial charge in [-0.3, -0.25) is 9.59 Å². The average molecular weight is 351 g/mol. The van der Waals surface area contributed by atoms with Crippen molar-refractivity contribution in [2.45, 2.75) is 33.2 Å². The second-order valence-corrected chi connectivity index (χ2v) is 6.91. The summed E-state index contributed by atoms with van der Waals surface area (Å²) in [5.74, 6) is 0.191. The fourth-order valence-electron chi connectivity index (χ4n) is 2.71. The van der Waals surface area contributed by atoms with Crippen molar-refractivity contribution in [1.82, 2.24) is 5.32 Å². The number of hydrogen-bond acceptors (Lipinski definition) is 3. The summed E-state index contributed by atoms with van der Waals surface area (Å²) in [4.78, 5) is 23.9. The van der Waals surface area contributed by atoms with E-state index in [-0.39, 0.29) is 24.3 Å². The van der Waals surface area contributed by atoms with Crippen LogP contribution in [-0.4, -0.2) is 18.4 Å². The summed E-state index contributed by atoms with van der Waals surface area (Å²) in [5, 5.41) is 9.01. The van der Waals surface area contributed by atoms with Gasteiger partial charge in [-0.05, 0) is 61.6 Å². The van der Waals surface area contributed by atoms with Crippen LogP contribution in [0.4, 0.5) is 11.4 Å². The van der Waals surface area contributed by atoms with Gasteiger partial charge in [-0.2, -0.15) is 0 Å². The molecule has 0 aromatic heterocycles. The highest BCUT2D eigenvalue weighted by molar-refractivity contribution is 5.94. The van der Waals surface area contributed by atoms with Crippen LogP contribution >= 0.6 is 0 Å². The third-order valence-corrected chi connectivity index (χ3v) is 4.46. The SMILES string of the molecule is Cc1ccc(C)c(NCC(=O)NCc2cccc(NC(=O)C3CC3)c2)c1. The van der Waals surface area contributed by atoms with E-state index in [9.17, 15) is 9.59 Å². The Morgan fingerprint density at radius 1 is 1.08 bits per heavy atom. The number of nitrogens with one attached hydrogen (secondary N) is 3. The summed E-state index contributed by atoms with van der Waals surface area (Å²) in [5.41, 5.74) is 4.98. The van der Waals surface area contributed by atoms with E-state index in [2.05, 4.69) is 22.0 Å². The largest absolute Gasteiger partial charge is 0.376 e. The lowest BCUT2D eigenvalue weighted by Gasteiger charge is -2.11. The Hall–Kier alpha value is -2.82. The Morgan fingerprint density at radius 3 is 2.65 bits per heavy atom. The summed E-state index contributed by atoms with van der Waals surface area (Å²) >= 11 is 0. The summed E-state index contributed by atoms with van der Waals surface area (Å²) in [6.45, 7) is 4.70. The minimum absolute atomic E-state index is 0.0710. The van der Waals surface area contributed by atoms with E-state index >= 15 is 0 Å². The highest BCUT2D eigenvalue weighted by Crippen LogP contribution is 2.30. The van der Waals surface area contributed by atoms with Gasteiger partial charge in [-0.1, -0.05) is 24.3 Å². The zero-order chi connectivity index (χ0) is 18.5. The van der Waals surface area contributed by atoms with Gasteiger partial charge in [-0.25, -0.2) is 0 Å². The minimum Gasteiger partial charge on any atom is -0.376 e. The first-order valence-corrected chi connectivity index (χ1v) is 8.99. The highest BCUT2D eigenvalue weighted by Gasteiger charge is 2.29. The number of carbonyl (C=O) groups excluding carboxylic acids is 2. The molecule has 136 valence electrons. The molecule has 0 heterocycles. The molecule has 0 aliphatic heterocycles. The standard InChI is InChI=1S/C21H25N3O2/c1-14-6-7-15(2)19(10-14)22-13-20(25)23-12-16-4-3-5-18(11-16)24-21(26)17-8-9-17/h3-7,10-11,17,22H,8-9,12-13H2,1-2H3,(H,23,25)(H,24,26). The fraction of sp³-hybridized carbons (Fsp3) is 0.333. The van der Waals surface area contributed by atoms with Gasteiger partial charge in [0, 0.05) is 23.8 Å². The van der Waals surface area contributed by atoms with Crippen LogP contribution in [0.1, 0.15) is 29.5 Å². The number of benzene rings is 2. The second kappa shape index (κ2) is 8.04. The maximum atomic E-state index is 12.1. The van der Waals surface area contributed by atoms with Crippen LogP contribution in [0.15, 0.2) is 42.5 Å². The van der Waals surface area contributed by atoms with E-state index in [1.807, 2.05) is 50.2 Å². The Labute approximate surface area is 154 Å². The molecule has 1 fully saturated rings. The maximum absolute atomic E-state index is 12.1. The number of amides is 2. The zero-order valence-electron chi connectivity index (χ0n) is 15.3. The van der Waals surface area contributed by atoms with Crippen molar-refractivity contribution < 1.29 is 9.59 Å². The molecule has 2 amide bonds. The van der Waals surface area contributed by atoms with Crippen LogP contribution in [0.5, 0.6) is 0 Å². The molecule has 0 spiro atoms. The predicted octanol–water partition coefficient (Wildman–Crippen LogP) is 3.38. The van der Waals surface area contributed by atoms with Gasteiger partial charge in [0.15, 0.2) is 0 Å². The molecule has 0 bridgehead atoms. The van der Waals surface area contributed by atoms with Gasteiger partial charge in [-0.15, -0.1) is 0 Å². The van der Waals surface area contributed by atoms with Crippen LogP contribution in [0.2, 0.25) is 0 Å². The highest BCUT2D eigenvalue weighted by atomic mass is 16.2. The van der Waals surface area contributed by atoms with Crippen molar-refractivity contribution in [2.24, 2.45) is 5.92 Å². The molecule has 3 N–H and O–H groups in total. The van der Waals surface area contributed by atoms with Crippen LogP contribution in [0.3, 0.4) is 0 Å². The molecule has 5 nitrogen and oxygen atoms in total. The molecule has 3 rings (SSSR count). The number of rotatable bonds is 7. The Balaban J connectivity index is 1.48. The van der Waals surface area contributed by atoms with Crippen molar-refractivity contribution in [1.29, 1.82) is 0 Å². The summed E-state index contributed by atoms with van der Waals surface area (Å²) in [7, 11) is 0. The third-order valence-electron chi connectivity index (χ3n) is 4.46. The summed E-state index contributed by atoms with van der Waals surface area (Å²) < 4.78 is 0. The third kappa shape index (κ3) is 5.09. The Kier molecular flexibility index (Phi) is 5.56. The fourth-order valence-corrected chi connectivity index (χ4v) is 2.71. The quantitative estimate of drug-likeness (QED) is 0.716. The van der Waals surface area contributed by atoms with E-state index in [1.54, 1.807) is 0 Å². The molecular formula is C21H25N3O2. The predicted molar refractivity (Wildman–Crippen MR) is 104 cm³/mol. The first kappa shape index (κ1) is 18.0.